The van der Waals surface area contributed by atoms with Crippen molar-refractivity contribution in [3.05, 3.63) is 0 Å². The zero-order valence-electron chi connectivity index (χ0n) is 7.26. The molecule has 0 amide bonds. The van der Waals surface area contributed by atoms with E-state index in [-0.39, 0.29) is 0 Å². The Morgan fingerprint density at radius 2 is 1.90 bits per heavy atom. The highest BCUT2D eigenvalue weighted by atomic mass is 16.5. The van der Waals surface area contributed by atoms with Gasteiger partial charge < -0.3 is 4.74 Å². The molecule has 10 heavy (non-hydrogen) atoms. The van der Waals surface area contributed by atoms with Crippen LogP contribution in [0.5, 0.6) is 0 Å². The smallest absolute Gasteiger partial charge is 0.0519 e. The average molecular weight is 142 g/mol. The van der Waals surface area contributed by atoms with E-state index in [0.717, 1.165) is 18.4 Å². The lowest BCUT2D eigenvalue weighted by Crippen LogP contribution is -2.12. The van der Waals surface area contributed by atoms with Crippen LogP contribution in [0.25, 0.3) is 0 Å². The molecule has 0 bridgehead atoms. The van der Waals surface area contributed by atoms with Crippen LogP contribution in [0.3, 0.4) is 0 Å². The lowest BCUT2D eigenvalue weighted by molar-refractivity contribution is 0.0502. The molecule has 1 aliphatic rings. The summed E-state index contributed by atoms with van der Waals surface area (Å²) in [6.07, 6.45) is 3.27. The Labute approximate surface area is 63.8 Å². The summed E-state index contributed by atoms with van der Waals surface area (Å²) in [6.45, 7) is 7.45. The molecule has 0 aromatic heterocycles. The van der Waals surface area contributed by atoms with Crippen molar-refractivity contribution in [1.82, 2.24) is 0 Å². The minimum absolute atomic E-state index is 0.404. The fourth-order valence-corrected chi connectivity index (χ4v) is 1.15. The summed E-state index contributed by atoms with van der Waals surface area (Å²) in [5, 5.41) is 0. The highest BCUT2D eigenvalue weighted by Crippen LogP contribution is 2.36. The van der Waals surface area contributed by atoms with Crippen molar-refractivity contribution in [2.45, 2.75) is 39.7 Å². The van der Waals surface area contributed by atoms with Gasteiger partial charge >= 0.3 is 0 Å². The normalized spacial score (nSPS) is 21.6. The summed E-state index contributed by atoms with van der Waals surface area (Å²) in [5.74, 6) is 1.78. The number of rotatable bonds is 4. The Hall–Kier alpha value is -0.0400. The zero-order valence-corrected chi connectivity index (χ0v) is 7.26. The molecule has 0 aliphatic heterocycles. The van der Waals surface area contributed by atoms with Gasteiger partial charge in [-0.1, -0.05) is 6.92 Å². The van der Waals surface area contributed by atoms with E-state index in [1.807, 2.05) is 0 Å². The van der Waals surface area contributed by atoms with Gasteiger partial charge in [-0.2, -0.15) is 0 Å². The van der Waals surface area contributed by atoms with E-state index in [0.29, 0.717) is 6.10 Å². The van der Waals surface area contributed by atoms with Gasteiger partial charge in [-0.3, -0.25) is 0 Å². The van der Waals surface area contributed by atoms with E-state index in [1.54, 1.807) is 0 Å². The molecule has 0 aromatic rings. The fraction of sp³-hybridized carbons (Fsp3) is 1.00. The van der Waals surface area contributed by atoms with Gasteiger partial charge in [0.1, 0.15) is 0 Å². The molecule has 1 rings (SSSR count). The third-order valence-electron chi connectivity index (χ3n) is 2.12. The van der Waals surface area contributed by atoms with Crippen LogP contribution >= 0.6 is 0 Å². The largest absolute Gasteiger partial charge is 0.379 e. The highest BCUT2D eigenvalue weighted by molar-refractivity contribution is 4.78. The van der Waals surface area contributed by atoms with Crippen LogP contribution in [0.1, 0.15) is 33.6 Å². The summed E-state index contributed by atoms with van der Waals surface area (Å²) in [4.78, 5) is 0. The lowest BCUT2D eigenvalue weighted by atomic mass is 10.1. The van der Waals surface area contributed by atoms with Gasteiger partial charge in [0.25, 0.3) is 0 Å². The Bertz CT molecular complexity index is 94.9. The van der Waals surface area contributed by atoms with E-state index in [4.69, 9.17) is 4.74 Å². The molecular weight excluding hydrogens is 124 g/mol. The van der Waals surface area contributed by atoms with Crippen molar-refractivity contribution >= 4 is 0 Å². The first kappa shape index (κ1) is 8.06. The summed E-state index contributed by atoms with van der Waals surface area (Å²) in [5.41, 5.74) is 0. The molecular formula is C9H18O. The maximum absolute atomic E-state index is 5.50. The molecule has 1 nitrogen and oxygen atoms in total. The molecule has 1 atom stereocenters. The molecule has 1 fully saturated rings. The van der Waals surface area contributed by atoms with Crippen LogP contribution in [0.2, 0.25) is 0 Å². The van der Waals surface area contributed by atoms with E-state index >= 15 is 0 Å². The second-order valence-electron chi connectivity index (χ2n) is 3.70. The molecule has 1 aliphatic carbocycles. The summed E-state index contributed by atoms with van der Waals surface area (Å²) >= 11 is 0. The van der Waals surface area contributed by atoms with E-state index in [9.17, 15) is 0 Å². The Morgan fingerprint density at radius 1 is 1.30 bits per heavy atom. The maximum atomic E-state index is 5.50. The molecule has 1 unspecified atom stereocenters. The molecule has 0 aromatic carbocycles. The Morgan fingerprint density at radius 3 is 2.30 bits per heavy atom. The summed E-state index contributed by atoms with van der Waals surface area (Å²) in [6, 6.07) is 0. The first-order valence-electron chi connectivity index (χ1n) is 4.31. The van der Waals surface area contributed by atoms with Crippen LogP contribution < -0.4 is 0 Å². The van der Waals surface area contributed by atoms with Crippen LogP contribution in [0.4, 0.5) is 0 Å². The second kappa shape index (κ2) is 3.38. The standard InChI is InChI=1S/C9H18O/c1-7(2)10-6-8(3)9-4-5-9/h7-9H,4-6H2,1-3H3. The SMILES string of the molecule is CC(C)OCC(C)C1CC1. The lowest BCUT2D eigenvalue weighted by Gasteiger charge is -2.12. The first-order valence-corrected chi connectivity index (χ1v) is 4.31. The quantitative estimate of drug-likeness (QED) is 0.586. The predicted molar refractivity (Wildman–Crippen MR) is 43.0 cm³/mol. The number of hydrogen-bond acceptors (Lipinski definition) is 1. The van der Waals surface area contributed by atoms with Gasteiger partial charge in [0.2, 0.25) is 0 Å². The molecule has 0 saturated heterocycles. The van der Waals surface area contributed by atoms with Gasteiger partial charge in [-0.05, 0) is 38.5 Å². The average Bonchev–Trinajstić information content (AvgIpc) is 2.63. The molecule has 0 heterocycles. The van der Waals surface area contributed by atoms with E-state index in [2.05, 4.69) is 20.8 Å². The van der Waals surface area contributed by atoms with Gasteiger partial charge in [0.15, 0.2) is 0 Å². The maximum Gasteiger partial charge on any atom is 0.0519 e. The van der Waals surface area contributed by atoms with Gasteiger partial charge in [-0.15, -0.1) is 0 Å². The molecule has 0 N–H and O–H groups in total. The van der Waals surface area contributed by atoms with Crippen molar-refractivity contribution in [2.24, 2.45) is 11.8 Å². The van der Waals surface area contributed by atoms with Crippen LogP contribution in [0.15, 0.2) is 0 Å². The van der Waals surface area contributed by atoms with Crippen molar-refractivity contribution in [2.75, 3.05) is 6.61 Å². The van der Waals surface area contributed by atoms with Crippen molar-refractivity contribution < 1.29 is 4.74 Å². The minimum Gasteiger partial charge on any atom is -0.379 e. The third kappa shape index (κ3) is 2.70. The van der Waals surface area contributed by atoms with Gasteiger partial charge in [-0.25, -0.2) is 0 Å². The zero-order chi connectivity index (χ0) is 7.56. The predicted octanol–water partition coefficient (Wildman–Crippen LogP) is 2.46. The van der Waals surface area contributed by atoms with Crippen molar-refractivity contribution in [3.63, 3.8) is 0 Å². The van der Waals surface area contributed by atoms with E-state index in [1.165, 1.54) is 12.8 Å². The summed E-state index contributed by atoms with van der Waals surface area (Å²) in [7, 11) is 0. The third-order valence-corrected chi connectivity index (χ3v) is 2.12. The fourth-order valence-electron chi connectivity index (χ4n) is 1.15. The number of ether oxygens (including phenoxy) is 1. The van der Waals surface area contributed by atoms with Crippen molar-refractivity contribution in [3.8, 4) is 0 Å². The second-order valence-corrected chi connectivity index (χ2v) is 3.70. The first-order chi connectivity index (χ1) is 4.70. The molecule has 0 radical (unpaired) electrons. The number of hydrogen-bond donors (Lipinski definition) is 0. The Kier molecular flexibility index (Phi) is 2.72. The Balaban J connectivity index is 2.00. The molecule has 60 valence electrons. The molecule has 1 heteroatoms. The van der Waals surface area contributed by atoms with Crippen LogP contribution in [-0.4, -0.2) is 12.7 Å². The van der Waals surface area contributed by atoms with Crippen molar-refractivity contribution in [1.29, 1.82) is 0 Å². The highest BCUT2D eigenvalue weighted by Gasteiger charge is 2.27. The molecule has 0 spiro atoms. The van der Waals surface area contributed by atoms with Crippen LogP contribution in [0, 0.1) is 11.8 Å². The van der Waals surface area contributed by atoms with Crippen LogP contribution in [-0.2, 0) is 4.74 Å². The topological polar surface area (TPSA) is 9.23 Å². The van der Waals surface area contributed by atoms with Gasteiger partial charge in [0.05, 0.1) is 6.10 Å². The minimum atomic E-state index is 0.404. The molecule has 1 saturated carbocycles. The summed E-state index contributed by atoms with van der Waals surface area (Å²) < 4.78 is 5.50. The van der Waals surface area contributed by atoms with Gasteiger partial charge in [0, 0.05) is 6.61 Å². The van der Waals surface area contributed by atoms with E-state index < -0.39 is 0 Å². The monoisotopic (exact) mass is 142 g/mol.